The van der Waals surface area contributed by atoms with Crippen LogP contribution in [0.15, 0.2) is 0 Å². The fourth-order valence-electron chi connectivity index (χ4n) is 1.89. The summed E-state index contributed by atoms with van der Waals surface area (Å²) >= 11 is 0. The van der Waals surface area contributed by atoms with E-state index in [4.69, 9.17) is 6.42 Å². The smallest absolute Gasteiger partial charge is 0.211 e. The number of hydrogen-bond donors (Lipinski definition) is 0. The van der Waals surface area contributed by atoms with Crippen molar-refractivity contribution in [1.29, 1.82) is 0 Å². The van der Waals surface area contributed by atoms with E-state index in [2.05, 4.69) is 10.8 Å². The summed E-state index contributed by atoms with van der Waals surface area (Å²) in [7, 11) is -1.03. The third-order valence-electron chi connectivity index (χ3n) is 2.86. The lowest BCUT2D eigenvalue weighted by Crippen LogP contribution is -2.45. The molecule has 1 fully saturated rings. The highest BCUT2D eigenvalue weighted by Crippen LogP contribution is 2.16. The molecule has 1 heterocycles. The molecule has 1 rings (SSSR count). The molecule has 0 bridgehead atoms. The van der Waals surface area contributed by atoms with E-state index < -0.39 is 10.0 Å². The summed E-state index contributed by atoms with van der Waals surface area (Å²) in [5.41, 5.74) is 0. The zero-order valence-electron chi connectivity index (χ0n) is 9.31. The van der Waals surface area contributed by atoms with Crippen molar-refractivity contribution < 1.29 is 8.42 Å². The monoisotopic (exact) mass is 230 g/mol. The molecule has 0 aromatic carbocycles. The van der Waals surface area contributed by atoms with Gasteiger partial charge in [-0.25, -0.2) is 12.7 Å². The van der Waals surface area contributed by atoms with Crippen LogP contribution in [0.25, 0.3) is 0 Å². The van der Waals surface area contributed by atoms with Crippen LogP contribution in [0.5, 0.6) is 0 Å². The lowest BCUT2D eigenvalue weighted by Gasteiger charge is -2.34. The molecule has 4 nitrogen and oxygen atoms in total. The predicted molar refractivity (Wildman–Crippen MR) is 60.9 cm³/mol. The summed E-state index contributed by atoms with van der Waals surface area (Å²) in [6, 6.07) is 0.416. The summed E-state index contributed by atoms with van der Waals surface area (Å²) in [4.78, 5) is 2.11. The molecule has 0 saturated carbocycles. The van der Waals surface area contributed by atoms with Gasteiger partial charge in [-0.3, -0.25) is 4.90 Å². The second kappa shape index (κ2) is 4.97. The Hall–Kier alpha value is -0.570. The van der Waals surface area contributed by atoms with Crippen molar-refractivity contribution in [3.63, 3.8) is 0 Å². The zero-order chi connectivity index (χ0) is 11.5. The van der Waals surface area contributed by atoms with Crippen molar-refractivity contribution in [2.45, 2.75) is 18.9 Å². The summed E-state index contributed by atoms with van der Waals surface area (Å²) in [5.74, 6) is 2.60. The molecule has 5 heteroatoms. The maximum absolute atomic E-state index is 11.3. The fourth-order valence-corrected chi connectivity index (χ4v) is 2.76. The number of piperidine rings is 1. The van der Waals surface area contributed by atoms with E-state index >= 15 is 0 Å². The molecule has 0 aromatic rings. The first-order valence-corrected chi connectivity index (χ1v) is 6.89. The van der Waals surface area contributed by atoms with Gasteiger partial charge in [0.05, 0.1) is 12.8 Å². The van der Waals surface area contributed by atoms with Crippen molar-refractivity contribution in [1.82, 2.24) is 9.21 Å². The maximum atomic E-state index is 11.3. The van der Waals surface area contributed by atoms with Gasteiger partial charge in [-0.1, -0.05) is 5.92 Å². The van der Waals surface area contributed by atoms with Crippen LogP contribution in [0.2, 0.25) is 0 Å². The Morgan fingerprint density at radius 2 is 2.00 bits per heavy atom. The summed E-state index contributed by atoms with van der Waals surface area (Å²) < 4.78 is 24.1. The quantitative estimate of drug-likeness (QED) is 0.640. The summed E-state index contributed by atoms with van der Waals surface area (Å²) in [5, 5.41) is 0. The minimum atomic E-state index is -3.01. The van der Waals surface area contributed by atoms with Crippen LogP contribution in [-0.4, -0.2) is 56.6 Å². The van der Waals surface area contributed by atoms with E-state index in [9.17, 15) is 8.42 Å². The Bertz CT molecular complexity index is 337. The lowest BCUT2D eigenvalue weighted by atomic mass is 10.1. The Kier molecular flexibility index (Phi) is 4.14. The second-order valence-corrected chi connectivity index (χ2v) is 5.99. The van der Waals surface area contributed by atoms with Crippen LogP contribution in [0, 0.1) is 12.3 Å². The highest BCUT2D eigenvalue weighted by molar-refractivity contribution is 7.88. The number of terminal acetylenes is 1. The third kappa shape index (κ3) is 3.49. The summed E-state index contributed by atoms with van der Waals surface area (Å²) in [6.07, 6.45) is 8.23. The van der Waals surface area contributed by atoms with Crippen LogP contribution in [0.1, 0.15) is 12.8 Å². The number of hydrogen-bond acceptors (Lipinski definition) is 3. The van der Waals surface area contributed by atoms with E-state index in [-0.39, 0.29) is 0 Å². The largest absolute Gasteiger partial charge is 0.292 e. The molecule has 1 saturated heterocycles. The molecule has 0 spiro atoms. The molecule has 1 aliphatic rings. The van der Waals surface area contributed by atoms with Gasteiger partial charge in [0, 0.05) is 19.1 Å². The first kappa shape index (κ1) is 12.5. The van der Waals surface area contributed by atoms with Gasteiger partial charge in [0.2, 0.25) is 10.0 Å². The van der Waals surface area contributed by atoms with Crippen LogP contribution in [0.4, 0.5) is 0 Å². The summed E-state index contributed by atoms with van der Waals surface area (Å²) in [6.45, 7) is 1.85. The maximum Gasteiger partial charge on any atom is 0.211 e. The molecular formula is C10H18N2O2S. The van der Waals surface area contributed by atoms with Crippen LogP contribution in [-0.2, 0) is 10.0 Å². The number of sulfonamides is 1. The first-order chi connectivity index (χ1) is 6.95. The molecule has 0 amide bonds. The van der Waals surface area contributed by atoms with E-state index in [1.807, 2.05) is 7.05 Å². The first-order valence-electron chi connectivity index (χ1n) is 5.04. The molecule has 1 aliphatic heterocycles. The Morgan fingerprint density at radius 1 is 1.47 bits per heavy atom. The molecule has 0 radical (unpaired) electrons. The molecule has 86 valence electrons. The van der Waals surface area contributed by atoms with E-state index in [0.29, 0.717) is 25.7 Å². The molecule has 0 atom stereocenters. The van der Waals surface area contributed by atoms with E-state index in [0.717, 1.165) is 12.8 Å². The average molecular weight is 230 g/mol. The normalized spacial score (nSPS) is 20.4. The van der Waals surface area contributed by atoms with Crippen molar-refractivity contribution in [2.24, 2.45) is 0 Å². The second-order valence-electron chi connectivity index (χ2n) is 4.01. The number of nitrogens with zero attached hydrogens (tertiary/aromatic N) is 2. The van der Waals surface area contributed by atoms with Crippen molar-refractivity contribution in [2.75, 3.05) is 32.9 Å². The SMILES string of the molecule is C#CCN(C)C1CCN(S(C)(=O)=O)CC1. The minimum Gasteiger partial charge on any atom is -0.292 e. The molecular weight excluding hydrogens is 212 g/mol. The van der Waals surface area contributed by atoms with Gasteiger partial charge in [-0.2, -0.15) is 0 Å². The van der Waals surface area contributed by atoms with Gasteiger partial charge in [0.1, 0.15) is 0 Å². The Morgan fingerprint density at radius 3 is 2.40 bits per heavy atom. The minimum absolute atomic E-state index is 0.416. The standard InChI is InChI=1S/C10H18N2O2S/c1-4-7-11(2)10-5-8-12(9-6-10)15(3,13)14/h1,10H,5-9H2,2-3H3. The van der Waals surface area contributed by atoms with E-state index in [1.54, 1.807) is 0 Å². The molecule has 0 unspecified atom stereocenters. The third-order valence-corrected chi connectivity index (χ3v) is 4.16. The van der Waals surface area contributed by atoms with E-state index in [1.165, 1.54) is 10.6 Å². The van der Waals surface area contributed by atoms with Crippen LogP contribution >= 0.6 is 0 Å². The van der Waals surface area contributed by atoms with Crippen molar-refractivity contribution in [3.8, 4) is 12.3 Å². The van der Waals surface area contributed by atoms with Gasteiger partial charge in [-0.15, -0.1) is 6.42 Å². The number of rotatable bonds is 3. The van der Waals surface area contributed by atoms with Gasteiger partial charge in [0.25, 0.3) is 0 Å². The van der Waals surface area contributed by atoms with Crippen LogP contribution < -0.4 is 0 Å². The highest BCUT2D eigenvalue weighted by Gasteiger charge is 2.26. The van der Waals surface area contributed by atoms with Gasteiger partial charge < -0.3 is 0 Å². The van der Waals surface area contributed by atoms with Crippen molar-refractivity contribution in [3.05, 3.63) is 0 Å². The average Bonchev–Trinajstić information content (AvgIpc) is 2.17. The molecule has 15 heavy (non-hydrogen) atoms. The fraction of sp³-hybridized carbons (Fsp3) is 0.800. The molecule has 0 aliphatic carbocycles. The zero-order valence-corrected chi connectivity index (χ0v) is 10.1. The topological polar surface area (TPSA) is 40.6 Å². The Balaban J connectivity index is 2.47. The molecule has 0 aromatic heterocycles. The highest BCUT2D eigenvalue weighted by atomic mass is 32.2. The lowest BCUT2D eigenvalue weighted by molar-refractivity contribution is 0.184. The van der Waals surface area contributed by atoms with Gasteiger partial charge >= 0.3 is 0 Å². The Labute approximate surface area is 92.3 Å². The van der Waals surface area contributed by atoms with Gasteiger partial charge in [-0.05, 0) is 19.9 Å². The predicted octanol–water partition coefficient (Wildman–Crippen LogP) is -0.0246. The molecule has 0 N–H and O–H groups in total. The van der Waals surface area contributed by atoms with Crippen molar-refractivity contribution >= 4 is 10.0 Å². The van der Waals surface area contributed by atoms with Crippen LogP contribution in [0.3, 0.4) is 0 Å². The van der Waals surface area contributed by atoms with Gasteiger partial charge in [0.15, 0.2) is 0 Å².